The van der Waals surface area contributed by atoms with Gasteiger partial charge in [-0.05, 0) is 71.2 Å². The van der Waals surface area contributed by atoms with Gasteiger partial charge in [-0.3, -0.25) is 0 Å². The first kappa shape index (κ1) is 22.4. The lowest BCUT2D eigenvalue weighted by Gasteiger charge is -2.10. The first-order valence-corrected chi connectivity index (χ1v) is 10.8. The van der Waals surface area contributed by atoms with Crippen LogP contribution in [0.4, 0.5) is 13.2 Å². The van der Waals surface area contributed by atoms with Crippen molar-refractivity contribution < 1.29 is 17.9 Å². The summed E-state index contributed by atoms with van der Waals surface area (Å²) in [4.78, 5) is 0. The first-order valence-electron chi connectivity index (χ1n) is 10.4. The molecule has 0 atom stereocenters. The van der Waals surface area contributed by atoms with Crippen LogP contribution in [0.1, 0.15) is 16.7 Å². The van der Waals surface area contributed by atoms with E-state index in [0.29, 0.717) is 53.3 Å². The van der Waals surface area contributed by atoms with Gasteiger partial charge in [0.25, 0.3) is 0 Å². The molecule has 4 aromatic carbocycles. The lowest BCUT2D eigenvalue weighted by molar-refractivity contribution is 0.202. The standard InChI is InChI=1S/C27H22ClF3O/c1-32-13-12-18-3-9-22(25(29)14-18)20-8-10-23-21(16-20)7-6-19(27(23)31)5-2-17-4-11-24(28)26(30)15-17/h3-4,6-11,14-16H,2,5,12-13H2,1H3. The van der Waals surface area contributed by atoms with Crippen LogP contribution >= 0.6 is 11.6 Å². The Bertz CT molecular complexity index is 1270. The molecule has 0 spiro atoms. The number of methoxy groups -OCH3 is 1. The van der Waals surface area contributed by atoms with Crippen LogP contribution in [-0.4, -0.2) is 13.7 Å². The number of aryl methyl sites for hydroxylation is 2. The molecule has 0 aliphatic carbocycles. The molecule has 0 aromatic heterocycles. The minimum absolute atomic E-state index is 0.0718. The fraction of sp³-hybridized carbons (Fsp3) is 0.185. The highest BCUT2D eigenvalue weighted by Crippen LogP contribution is 2.30. The molecule has 0 heterocycles. The maximum absolute atomic E-state index is 15.1. The number of fused-ring (bicyclic) bond motifs is 1. The summed E-state index contributed by atoms with van der Waals surface area (Å²) in [6.07, 6.45) is 1.57. The van der Waals surface area contributed by atoms with Crippen molar-refractivity contribution in [3.63, 3.8) is 0 Å². The SMILES string of the molecule is COCCc1ccc(-c2ccc3c(F)c(CCc4ccc(Cl)c(F)c4)ccc3c2)c(F)c1. The van der Waals surface area contributed by atoms with Crippen molar-refractivity contribution in [2.75, 3.05) is 13.7 Å². The van der Waals surface area contributed by atoms with Crippen LogP contribution in [0.5, 0.6) is 0 Å². The van der Waals surface area contributed by atoms with Crippen molar-refractivity contribution in [2.24, 2.45) is 0 Å². The highest BCUT2D eigenvalue weighted by Gasteiger charge is 2.12. The van der Waals surface area contributed by atoms with Crippen LogP contribution in [0.25, 0.3) is 21.9 Å². The zero-order chi connectivity index (χ0) is 22.7. The second kappa shape index (κ2) is 9.76. The number of ether oxygens (including phenoxy) is 1. The van der Waals surface area contributed by atoms with Crippen molar-refractivity contribution in [3.8, 4) is 11.1 Å². The predicted molar refractivity (Wildman–Crippen MR) is 124 cm³/mol. The largest absolute Gasteiger partial charge is 0.384 e. The Morgan fingerprint density at radius 1 is 0.750 bits per heavy atom. The van der Waals surface area contributed by atoms with Crippen LogP contribution in [0.2, 0.25) is 5.02 Å². The van der Waals surface area contributed by atoms with E-state index in [9.17, 15) is 8.78 Å². The van der Waals surface area contributed by atoms with E-state index < -0.39 is 5.82 Å². The van der Waals surface area contributed by atoms with Crippen molar-refractivity contribution in [2.45, 2.75) is 19.3 Å². The number of hydrogen-bond donors (Lipinski definition) is 0. The summed E-state index contributed by atoms with van der Waals surface area (Å²) in [5, 5.41) is 1.25. The van der Waals surface area contributed by atoms with Crippen molar-refractivity contribution >= 4 is 22.4 Å². The molecule has 0 bridgehead atoms. The van der Waals surface area contributed by atoms with Crippen LogP contribution in [0, 0.1) is 17.5 Å². The van der Waals surface area contributed by atoms with Gasteiger partial charge in [0.15, 0.2) is 0 Å². The Hall–Kier alpha value is -2.82. The number of benzene rings is 4. The zero-order valence-electron chi connectivity index (χ0n) is 17.6. The Morgan fingerprint density at radius 3 is 2.25 bits per heavy atom. The van der Waals surface area contributed by atoms with Gasteiger partial charge in [0.05, 0.1) is 11.6 Å². The van der Waals surface area contributed by atoms with Gasteiger partial charge < -0.3 is 4.74 Å². The van der Waals surface area contributed by atoms with Gasteiger partial charge in [-0.25, -0.2) is 13.2 Å². The fourth-order valence-corrected chi connectivity index (χ4v) is 3.96. The number of hydrogen-bond acceptors (Lipinski definition) is 1. The second-order valence-corrected chi connectivity index (χ2v) is 8.19. The maximum atomic E-state index is 15.1. The van der Waals surface area contributed by atoms with Gasteiger partial charge in [0.1, 0.15) is 17.5 Å². The summed E-state index contributed by atoms with van der Waals surface area (Å²) < 4.78 is 48.5. The average molecular weight is 455 g/mol. The van der Waals surface area contributed by atoms with Crippen molar-refractivity contribution in [1.29, 1.82) is 0 Å². The van der Waals surface area contributed by atoms with E-state index >= 15 is 4.39 Å². The third kappa shape index (κ3) is 4.82. The zero-order valence-corrected chi connectivity index (χ0v) is 18.4. The monoisotopic (exact) mass is 454 g/mol. The summed E-state index contributed by atoms with van der Waals surface area (Å²) in [5.41, 5.74) is 3.34. The molecule has 0 N–H and O–H groups in total. The average Bonchev–Trinajstić information content (AvgIpc) is 2.79. The van der Waals surface area contributed by atoms with Crippen LogP contribution < -0.4 is 0 Å². The molecule has 32 heavy (non-hydrogen) atoms. The molecule has 0 radical (unpaired) electrons. The third-order valence-electron chi connectivity index (χ3n) is 5.64. The molecule has 0 unspecified atom stereocenters. The number of rotatable bonds is 7. The molecule has 5 heteroatoms. The van der Waals surface area contributed by atoms with E-state index in [4.69, 9.17) is 16.3 Å². The summed E-state index contributed by atoms with van der Waals surface area (Å²) in [5.74, 6) is -1.10. The second-order valence-electron chi connectivity index (χ2n) is 7.78. The van der Waals surface area contributed by atoms with Gasteiger partial charge in [-0.15, -0.1) is 0 Å². The quantitative estimate of drug-likeness (QED) is 0.280. The van der Waals surface area contributed by atoms with Gasteiger partial charge in [-0.2, -0.15) is 0 Å². The van der Waals surface area contributed by atoms with Gasteiger partial charge in [-0.1, -0.05) is 54.1 Å². The first-order chi connectivity index (χ1) is 15.5. The molecule has 4 aromatic rings. The topological polar surface area (TPSA) is 9.23 Å². The Labute approximate surface area is 190 Å². The molecule has 1 nitrogen and oxygen atoms in total. The van der Waals surface area contributed by atoms with Crippen LogP contribution in [0.3, 0.4) is 0 Å². The van der Waals surface area contributed by atoms with E-state index in [2.05, 4.69) is 0 Å². The normalized spacial score (nSPS) is 11.3. The van der Waals surface area contributed by atoms with Gasteiger partial charge in [0, 0.05) is 18.1 Å². The number of halogens is 4. The Morgan fingerprint density at radius 2 is 1.50 bits per heavy atom. The molecular formula is C27H22ClF3O. The van der Waals surface area contributed by atoms with Gasteiger partial charge >= 0.3 is 0 Å². The van der Waals surface area contributed by atoms with Crippen LogP contribution in [0.15, 0.2) is 66.7 Å². The van der Waals surface area contributed by atoms with Crippen molar-refractivity contribution in [1.82, 2.24) is 0 Å². The molecule has 4 rings (SSSR count). The van der Waals surface area contributed by atoms with E-state index in [-0.39, 0.29) is 16.7 Å². The molecule has 0 aliphatic heterocycles. The van der Waals surface area contributed by atoms with E-state index in [1.165, 1.54) is 18.2 Å². The van der Waals surface area contributed by atoms with E-state index in [0.717, 1.165) is 11.1 Å². The summed E-state index contributed by atoms with van der Waals surface area (Å²) in [6.45, 7) is 0.531. The summed E-state index contributed by atoms with van der Waals surface area (Å²) in [6, 6.07) is 18.6. The van der Waals surface area contributed by atoms with Crippen molar-refractivity contribution in [3.05, 3.63) is 106 Å². The smallest absolute Gasteiger partial charge is 0.142 e. The highest BCUT2D eigenvalue weighted by atomic mass is 35.5. The minimum Gasteiger partial charge on any atom is -0.384 e. The molecule has 0 aliphatic rings. The highest BCUT2D eigenvalue weighted by molar-refractivity contribution is 6.30. The summed E-state index contributed by atoms with van der Waals surface area (Å²) >= 11 is 5.72. The minimum atomic E-state index is -0.477. The molecule has 0 fully saturated rings. The maximum Gasteiger partial charge on any atom is 0.142 e. The lowest BCUT2D eigenvalue weighted by atomic mass is 9.96. The van der Waals surface area contributed by atoms with E-state index in [1.807, 2.05) is 12.1 Å². The Balaban J connectivity index is 1.57. The Kier molecular flexibility index (Phi) is 6.83. The molecule has 0 saturated heterocycles. The predicted octanol–water partition coefficient (Wildman–Crippen LogP) is 7.55. The molecule has 0 amide bonds. The third-order valence-corrected chi connectivity index (χ3v) is 5.95. The molecule has 0 saturated carbocycles. The van der Waals surface area contributed by atoms with E-state index in [1.54, 1.807) is 43.5 Å². The van der Waals surface area contributed by atoms with Crippen LogP contribution in [-0.2, 0) is 24.0 Å². The van der Waals surface area contributed by atoms with Gasteiger partial charge in [0.2, 0.25) is 0 Å². The molecular weight excluding hydrogens is 433 g/mol. The summed E-state index contributed by atoms with van der Waals surface area (Å²) in [7, 11) is 1.61. The molecule has 164 valence electrons. The fourth-order valence-electron chi connectivity index (χ4n) is 3.84. The lowest BCUT2D eigenvalue weighted by Crippen LogP contribution is -1.97.